The molecule has 1 aromatic carbocycles. The Morgan fingerprint density at radius 2 is 2.18 bits per heavy atom. The van der Waals surface area contributed by atoms with Crippen molar-refractivity contribution in [2.75, 3.05) is 23.7 Å². The predicted molar refractivity (Wildman–Crippen MR) is 70.3 cm³/mol. The Bertz CT molecular complexity index is 392. The van der Waals surface area contributed by atoms with Crippen LogP contribution in [0.3, 0.4) is 0 Å². The van der Waals surface area contributed by atoms with E-state index in [4.69, 9.17) is 0 Å². The zero-order valence-electron chi connectivity index (χ0n) is 10.1. The molecular weight excluding hydrogens is 214 g/mol. The summed E-state index contributed by atoms with van der Waals surface area (Å²) in [5.41, 5.74) is 2.06. The summed E-state index contributed by atoms with van der Waals surface area (Å²) in [6.45, 7) is 3.51. The van der Waals surface area contributed by atoms with Crippen LogP contribution in [0.4, 0.5) is 11.4 Å². The minimum atomic E-state index is -0.179. The molecule has 4 heteroatoms. The van der Waals surface area contributed by atoms with Gasteiger partial charge in [-0.2, -0.15) is 0 Å². The van der Waals surface area contributed by atoms with Crippen molar-refractivity contribution < 1.29 is 4.79 Å². The second kappa shape index (κ2) is 5.57. The average molecular weight is 233 g/mol. The molecule has 1 amide bonds. The summed E-state index contributed by atoms with van der Waals surface area (Å²) in [5, 5.41) is 9.45. The lowest BCUT2D eigenvalue weighted by Gasteiger charge is -2.27. The molecule has 0 spiro atoms. The summed E-state index contributed by atoms with van der Waals surface area (Å²) in [6, 6.07) is 7.75. The molecule has 1 aliphatic rings. The summed E-state index contributed by atoms with van der Waals surface area (Å²) in [6.07, 6.45) is 2.13. The van der Waals surface area contributed by atoms with Gasteiger partial charge in [-0.1, -0.05) is 25.5 Å². The quantitative estimate of drug-likeness (QED) is 0.695. The minimum Gasteiger partial charge on any atom is -0.381 e. The molecule has 1 unspecified atom stereocenters. The first kappa shape index (κ1) is 11.8. The van der Waals surface area contributed by atoms with Gasteiger partial charge in [-0.3, -0.25) is 4.79 Å². The van der Waals surface area contributed by atoms with E-state index in [1.165, 1.54) is 0 Å². The molecule has 1 atom stereocenters. The maximum atomic E-state index is 11.9. The molecule has 0 bridgehead atoms. The van der Waals surface area contributed by atoms with Crippen LogP contribution in [-0.2, 0) is 4.79 Å². The van der Waals surface area contributed by atoms with E-state index in [1.807, 2.05) is 24.3 Å². The number of anilines is 2. The van der Waals surface area contributed by atoms with Gasteiger partial charge in [0.2, 0.25) is 5.91 Å². The number of rotatable bonds is 4. The number of hydrogen-bond acceptors (Lipinski definition) is 3. The number of hydrogen-bond donors (Lipinski definition) is 3. The van der Waals surface area contributed by atoms with E-state index >= 15 is 0 Å². The molecule has 0 fully saturated rings. The third-order valence-electron chi connectivity index (χ3n) is 2.90. The largest absolute Gasteiger partial charge is 0.381 e. The van der Waals surface area contributed by atoms with Gasteiger partial charge in [0.15, 0.2) is 0 Å². The Kier molecular flexibility index (Phi) is 3.85. The lowest BCUT2D eigenvalue weighted by molar-refractivity contribution is -0.121. The minimum absolute atomic E-state index is 0.0699. The van der Waals surface area contributed by atoms with Crippen molar-refractivity contribution in [3.63, 3.8) is 0 Å². The molecule has 1 aromatic rings. The Labute approximate surface area is 102 Å². The molecule has 0 aromatic heterocycles. The fourth-order valence-corrected chi connectivity index (χ4v) is 1.88. The smallest absolute Gasteiger partial charge is 0.244 e. The number of amides is 1. The molecule has 3 N–H and O–H groups in total. The summed E-state index contributed by atoms with van der Waals surface area (Å²) in [4.78, 5) is 11.9. The van der Waals surface area contributed by atoms with Crippen molar-refractivity contribution in [1.29, 1.82) is 0 Å². The first-order chi connectivity index (χ1) is 8.31. The summed E-state index contributed by atoms with van der Waals surface area (Å²) >= 11 is 0. The van der Waals surface area contributed by atoms with Gasteiger partial charge in [-0.25, -0.2) is 0 Å². The van der Waals surface area contributed by atoms with E-state index in [0.717, 1.165) is 30.8 Å². The second-order valence-electron chi connectivity index (χ2n) is 4.27. The Balaban J connectivity index is 1.91. The van der Waals surface area contributed by atoms with Crippen LogP contribution >= 0.6 is 0 Å². The first-order valence-electron chi connectivity index (χ1n) is 6.18. The lowest BCUT2D eigenvalue weighted by Crippen LogP contribution is -2.46. The summed E-state index contributed by atoms with van der Waals surface area (Å²) in [5.74, 6) is 0.0699. The van der Waals surface area contributed by atoms with Gasteiger partial charge >= 0.3 is 0 Å². The van der Waals surface area contributed by atoms with E-state index in [-0.39, 0.29) is 11.9 Å². The molecule has 1 heterocycles. The molecule has 0 saturated carbocycles. The molecule has 17 heavy (non-hydrogen) atoms. The van der Waals surface area contributed by atoms with E-state index in [9.17, 15) is 4.79 Å². The van der Waals surface area contributed by atoms with Crippen LogP contribution in [-0.4, -0.2) is 25.0 Å². The first-order valence-corrected chi connectivity index (χ1v) is 6.18. The zero-order chi connectivity index (χ0) is 12.1. The topological polar surface area (TPSA) is 53.2 Å². The highest BCUT2D eigenvalue weighted by atomic mass is 16.2. The average Bonchev–Trinajstić information content (AvgIpc) is 2.38. The van der Waals surface area contributed by atoms with Crippen LogP contribution in [0.2, 0.25) is 0 Å². The Hall–Kier alpha value is -1.71. The normalized spacial score (nSPS) is 17.6. The van der Waals surface area contributed by atoms with Crippen LogP contribution in [0.15, 0.2) is 24.3 Å². The van der Waals surface area contributed by atoms with Crippen molar-refractivity contribution in [2.45, 2.75) is 25.8 Å². The third-order valence-corrected chi connectivity index (χ3v) is 2.90. The van der Waals surface area contributed by atoms with Gasteiger partial charge in [0.1, 0.15) is 6.04 Å². The van der Waals surface area contributed by atoms with E-state index in [2.05, 4.69) is 22.9 Å². The van der Waals surface area contributed by atoms with Gasteiger partial charge in [0.05, 0.1) is 11.4 Å². The standard InChI is InChI=1S/C13H19N3O/c1-2-3-8-14-13(17)12-9-15-10-6-4-5-7-11(10)16-12/h4-7,12,15-16H,2-3,8-9H2,1H3,(H,14,17). The van der Waals surface area contributed by atoms with Gasteiger partial charge in [-0.15, -0.1) is 0 Å². The molecule has 0 aliphatic carbocycles. The highest BCUT2D eigenvalue weighted by Crippen LogP contribution is 2.24. The Morgan fingerprint density at radius 3 is 2.94 bits per heavy atom. The van der Waals surface area contributed by atoms with E-state index in [1.54, 1.807) is 0 Å². The number of benzene rings is 1. The van der Waals surface area contributed by atoms with Crippen LogP contribution < -0.4 is 16.0 Å². The molecular formula is C13H19N3O. The van der Waals surface area contributed by atoms with Crippen LogP contribution in [0.5, 0.6) is 0 Å². The summed E-state index contributed by atoms with van der Waals surface area (Å²) in [7, 11) is 0. The predicted octanol–water partition coefficient (Wildman–Crippen LogP) is 1.81. The summed E-state index contributed by atoms with van der Waals surface area (Å²) < 4.78 is 0. The fourth-order valence-electron chi connectivity index (χ4n) is 1.88. The van der Waals surface area contributed by atoms with Gasteiger partial charge in [0.25, 0.3) is 0 Å². The van der Waals surface area contributed by atoms with Crippen LogP contribution in [0.1, 0.15) is 19.8 Å². The van der Waals surface area contributed by atoms with Gasteiger partial charge in [-0.05, 0) is 18.6 Å². The number of para-hydroxylation sites is 2. The third kappa shape index (κ3) is 2.90. The van der Waals surface area contributed by atoms with Crippen LogP contribution in [0, 0.1) is 0 Å². The maximum Gasteiger partial charge on any atom is 0.244 e. The molecule has 4 nitrogen and oxygen atoms in total. The molecule has 1 aliphatic heterocycles. The van der Waals surface area contributed by atoms with Gasteiger partial charge in [0, 0.05) is 13.1 Å². The van der Waals surface area contributed by atoms with Gasteiger partial charge < -0.3 is 16.0 Å². The highest BCUT2D eigenvalue weighted by molar-refractivity contribution is 5.88. The molecule has 0 saturated heterocycles. The highest BCUT2D eigenvalue weighted by Gasteiger charge is 2.22. The fraction of sp³-hybridized carbons (Fsp3) is 0.462. The second-order valence-corrected chi connectivity index (χ2v) is 4.27. The van der Waals surface area contributed by atoms with Crippen molar-refractivity contribution >= 4 is 17.3 Å². The zero-order valence-corrected chi connectivity index (χ0v) is 10.1. The number of unbranched alkanes of at least 4 members (excludes halogenated alkanes) is 1. The van der Waals surface area contributed by atoms with Crippen LogP contribution in [0.25, 0.3) is 0 Å². The van der Waals surface area contributed by atoms with E-state index in [0.29, 0.717) is 6.54 Å². The number of carbonyl (C=O) groups is 1. The Morgan fingerprint density at radius 1 is 1.41 bits per heavy atom. The van der Waals surface area contributed by atoms with Crippen molar-refractivity contribution in [2.24, 2.45) is 0 Å². The maximum absolute atomic E-state index is 11.9. The van der Waals surface area contributed by atoms with Crippen molar-refractivity contribution in [3.05, 3.63) is 24.3 Å². The number of nitrogens with one attached hydrogen (secondary N) is 3. The molecule has 0 radical (unpaired) electrons. The van der Waals surface area contributed by atoms with Crippen molar-refractivity contribution in [1.82, 2.24) is 5.32 Å². The molecule has 92 valence electrons. The number of carbonyl (C=O) groups excluding carboxylic acids is 1. The monoisotopic (exact) mass is 233 g/mol. The molecule has 2 rings (SSSR count). The lowest BCUT2D eigenvalue weighted by atomic mass is 10.1. The number of fused-ring (bicyclic) bond motifs is 1. The van der Waals surface area contributed by atoms with Crippen molar-refractivity contribution in [3.8, 4) is 0 Å². The van der Waals surface area contributed by atoms with E-state index < -0.39 is 0 Å². The SMILES string of the molecule is CCCCNC(=O)C1CNc2ccccc2N1.